The van der Waals surface area contributed by atoms with Gasteiger partial charge in [-0.05, 0) is 0 Å². The largest absolute Gasteiger partial charge is 0.480 e. The lowest BCUT2D eigenvalue weighted by atomic mass is 10.3. The molecule has 0 bridgehead atoms. The van der Waals surface area contributed by atoms with Gasteiger partial charge in [0.15, 0.2) is 5.13 Å². The Balaban J connectivity index is 2.18. The van der Waals surface area contributed by atoms with Crippen LogP contribution in [0, 0.1) is 0 Å². The van der Waals surface area contributed by atoms with Gasteiger partial charge in [-0.15, -0.1) is 11.3 Å². The molecule has 1 N–H and O–H groups in total. The zero-order valence-corrected chi connectivity index (χ0v) is 9.05. The summed E-state index contributed by atoms with van der Waals surface area (Å²) in [6, 6.07) is -0.417. The third-order valence-electron chi connectivity index (χ3n) is 2.08. The van der Waals surface area contributed by atoms with Gasteiger partial charge >= 0.3 is 5.97 Å². The Morgan fingerprint density at radius 3 is 3.21 bits per heavy atom. The molecule has 6 heteroatoms. The zero-order valence-electron chi connectivity index (χ0n) is 7.42. The minimum Gasteiger partial charge on any atom is -0.480 e. The first kappa shape index (κ1) is 9.79. The average Bonchev–Trinajstić information content (AvgIpc) is 2.70. The van der Waals surface area contributed by atoms with Crippen LogP contribution < -0.4 is 4.90 Å². The normalized spacial score (nSPS) is 22.3. The highest BCUT2D eigenvalue weighted by Crippen LogP contribution is 2.25. The van der Waals surface area contributed by atoms with E-state index in [-0.39, 0.29) is 0 Å². The molecule has 1 aromatic rings. The zero-order chi connectivity index (χ0) is 9.97. The number of anilines is 1. The number of rotatable bonds is 2. The van der Waals surface area contributed by atoms with Crippen molar-refractivity contribution in [2.45, 2.75) is 6.04 Å². The van der Waals surface area contributed by atoms with Crippen LogP contribution >= 0.6 is 23.1 Å². The van der Waals surface area contributed by atoms with Crippen LogP contribution in [-0.4, -0.2) is 40.2 Å². The predicted molar refractivity (Wildman–Crippen MR) is 58.2 cm³/mol. The molecular weight excluding hydrogens is 220 g/mol. The summed E-state index contributed by atoms with van der Waals surface area (Å²) in [5.41, 5.74) is 0. The van der Waals surface area contributed by atoms with Crippen molar-refractivity contribution in [1.29, 1.82) is 0 Å². The van der Waals surface area contributed by atoms with Crippen LogP contribution in [0.1, 0.15) is 0 Å². The van der Waals surface area contributed by atoms with Gasteiger partial charge in [0, 0.05) is 29.6 Å². The third kappa shape index (κ3) is 1.85. The lowest BCUT2D eigenvalue weighted by Gasteiger charge is -2.32. The molecule has 0 radical (unpaired) electrons. The van der Waals surface area contributed by atoms with E-state index in [0.29, 0.717) is 5.75 Å². The Kier molecular flexibility index (Phi) is 2.93. The second-order valence-electron chi connectivity index (χ2n) is 2.94. The molecule has 0 saturated carbocycles. The summed E-state index contributed by atoms with van der Waals surface area (Å²) in [6.45, 7) is 0.773. The first-order valence-electron chi connectivity index (χ1n) is 4.26. The number of hydrogen-bond acceptors (Lipinski definition) is 5. The first-order valence-corrected chi connectivity index (χ1v) is 6.29. The first-order chi connectivity index (χ1) is 6.79. The molecule has 1 atom stereocenters. The molecule has 76 valence electrons. The SMILES string of the molecule is O=C(O)C1CSCCN1c1nccs1. The second kappa shape index (κ2) is 4.18. The summed E-state index contributed by atoms with van der Waals surface area (Å²) in [6.07, 6.45) is 1.71. The molecule has 0 aliphatic carbocycles. The lowest BCUT2D eigenvalue weighted by Crippen LogP contribution is -2.47. The van der Waals surface area contributed by atoms with Gasteiger partial charge in [0.1, 0.15) is 6.04 Å². The van der Waals surface area contributed by atoms with Gasteiger partial charge in [0.2, 0.25) is 0 Å². The van der Waals surface area contributed by atoms with Crippen LogP contribution in [0.5, 0.6) is 0 Å². The molecular formula is C8H10N2O2S2. The van der Waals surface area contributed by atoms with E-state index >= 15 is 0 Å². The van der Waals surface area contributed by atoms with Crippen LogP contribution in [-0.2, 0) is 4.79 Å². The van der Waals surface area contributed by atoms with E-state index < -0.39 is 12.0 Å². The van der Waals surface area contributed by atoms with Gasteiger partial charge in [-0.25, -0.2) is 9.78 Å². The Labute approximate surface area is 89.9 Å². The standard InChI is InChI=1S/C8H10N2O2S2/c11-7(12)6-5-13-4-2-10(6)8-9-1-3-14-8/h1,3,6H,2,4-5H2,(H,11,12). The molecule has 1 aliphatic heterocycles. The maximum atomic E-state index is 11.0. The molecule has 0 spiro atoms. The van der Waals surface area contributed by atoms with E-state index in [2.05, 4.69) is 4.98 Å². The van der Waals surface area contributed by atoms with Gasteiger partial charge < -0.3 is 10.0 Å². The summed E-state index contributed by atoms with van der Waals surface area (Å²) in [5, 5.41) is 11.7. The minimum atomic E-state index is -0.757. The van der Waals surface area contributed by atoms with E-state index in [9.17, 15) is 4.79 Å². The highest BCUT2D eigenvalue weighted by atomic mass is 32.2. The highest BCUT2D eigenvalue weighted by molar-refractivity contribution is 7.99. The quantitative estimate of drug-likeness (QED) is 0.826. The molecule has 14 heavy (non-hydrogen) atoms. The van der Waals surface area contributed by atoms with Crippen molar-refractivity contribution in [3.05, 3.63) is 11.6 Å². The fourth-order valence-electron chi connectivity index (χ4n) is 1.39. The smallest absolute Gasteiger partial charge is 0.327 e. The van der Waals surface area contributed by atoms with Crippen molar-refractivity contribution >= 4 is 34.2 Å². The van der Waals surface area contributed by atoms with Crippen LogP contribution in [0.3, 0.4) is 0 Å². The fraction of sp³-hybridized carbons (Fsp3) is 0.500. The number of aliphatic carboxylic acids is 1. The molecule has 1 aromatic heterocycles. The number of thioether (sulfide) groups is 1. The Hall–Kier alpha value is -0.750. The molecule has 1 unspecified atom stereocenters. The van der Waals surface area contributed by atoms with Crippen LogP contribution in [0.2, 0.25) is 0 Å². The summed E-state index contributed by atoms with van der Waals surface area (Å²) < 4.78 is 0. The van der Waals surface area contributed by atoms with Gasteiger partial charge in [0.05, 0.1) is 0 Å². The number of carbonyl (C=O) groups is 1. The Morgan fingerprint density at radius 1 is 1.71 bits per heavy atom. The van der Waals surface area contributed by atoms with Crippen molar-refractivity contribution in [2.24, 2.45) is 0 Å². The molecule has 0 aromatic carbocycles. The molecule has 1 aliphatic rings. The van der Waals surface area contributed by atoms with Crippen molar-refractivity contribution < 1.29 is 9.90 Å². The molecule has 1 fully saturated rings. The fourth-order valence-corrected chi connectivity index (χ4v) is 3.15. The molecule has 4 nitrogen and oxygen atoms in total. The van der Waals surface area contributed by atoms with E-state index in [1.54, 1.807) is 18.0 Å². The molecule has 0 amide bonds. The van der Waals surface area contributed by atoms with Gasteiger partial charge in [-0.2, -0.15) is 11.8 Å². The monoisotopic (exact) mass is 230 g/mol. The number of hydrogen-bond donors (Lipinski definition) is 1. The molecule has 2 heterocycles. The Bertz CT molecular complexity index is 315. The van der Waals surface area contributed by atoms with Crippen molar-refractivity contribution in [2.75, 3.05) is 23.0 Å². The van der Waals surface area contributed by atoms with Crippen LogP contribution in [0.4, 0.5) is 5.13 Å². The van der Waals surface area contributed by atoms with Gasteiger partial charge in [-0.3, -0.25) is 0 Å². The van der Waals surface area contributed by atoms with E-state index in [4.69, 9.17) is 5.11 Å². The molecule has 1 saturated heterocycles. The van der Waals surface area contributed by atoms with Crippen molar-refractivity contribution in [1.82, 2.24) is 4.98 Å². The number of carboxylic acids is 1. The van der Waals surface area contributed by atoms with E-state index in [0.717, 1.165) is 17.4 Å². The average molecular weight is 230 g/mol. The summed E-state index contributed by atoms with van der Waals surface area (Å²) in [7, 11) is 0. The number of aromatic nitrogens is 1. The predicted octanol–water partition coefficient (Wildman–Crippen LogP) is 1.15. The number of thiazole rings is 1. The van der Waals surface area contributed by atoms with Gasteiger partial charge in [-0.1, -0.05) is 0 Å². The number of nitrogens with zero attached hydrogens (tertiary/aromatic N) is 2. The lowest BCUT2D eigenvalue weighted by molar-refractivity contribution is -0.138. The maximum Gasteiger partial charge on any atom is 0.327 e. The topological polar surface area (TPSA) is 53.4 Å². The third-order valence-corrected chi connectivity index (χ3v) is 3.91. The van der Waals surface area contributed by atoms with Crippen molar-refractivity contribution in [3.63, 3.8) is 0 Å². The van der Waals surface area contributed by atoms with Crippen LogP contribution in [0.15, 0.2) is 11.6 Å². The number of carboxylic acid groups (broad SMARTS) is 1. The summed E-state index contributed by atoms with van der Waals surface area (Å²) in [5.74, 6) is 0.866. The minimum absolute atomic E-state index is 0.417. The van der Waals surface area contributed by atoms with Gasteiger partial charge in [0.25, 0.3) is 0 Å². The summed E-state index contributed by atoms with van der Waals surface area (Å²) in [4.78, 5) is 17.0. The van der Waals surface area contributed by atoms with E-state index in [1.807, 2.05) is 10.3 Å². The van der Waals surface area contributed by atoms with E-state index in [1.165, 1.54) is 11.3 Å². The highest BCUT2D eigenvalue weighted by Gasteiger charge is 2.30. The van der Waals surface area contributed by atoms with Crippen LogP contribution in [0.25, 0.3) is 0 Å². The second-order valence-corrected chi connectivity index (χ2v) is 4.96. The summed E-state index contributed by atoms with van der Waals surface area (Å²) >= 11 is 3.18. The van der Waals surface area contributed by atoms with Crippen molar-refractivity contribution in [3.8, 4) is 0 Å². The maximum absolute atomic E-state index is 11.0. The molecule has 2 rings (SSSR count). The Morgan fingerprint density at radius 2 is 2.57 bits per heavy atom.